The molecule has 1 aromatic rings. The fourth-order valence-electron chi connectivity index (χ4n) is 2.44. The van der Waals surface area contributed by atoms with E-state index in [1.165, 1.54) is 25.3 Å². The van der Waals surface area contributed by atoms with Crippen LogP contribution in [-0.4, -0.2) is 30.1 Å². The first-order valence-electron chi connectivity index (χ1n) is 6.39. The summed E-state index contributed by atoms with van der Waals surface area (Å²) in [5, 5.41) is 11.6. The molecule has 1 aliphatic carbocycles. The van der Waals surface area contributed by atoms with Crippen LogP contribution in [0.15, 0.2) is 18.2 Å². The van der Waals surface area contributed by atoms with E-state index in [1.54, 1.807) is 0 Å². The van der Waals surface area contributed by atoms with E-state index >= 15 is 0 Å². The van der Waals surface area contributed by atoms with Gasteiger partial charge in [0, 0.05) is 6.04 Å². The van der Waals surface area contributed by atoms with Crippen LogP contribution in [0, 0.1) is 11.7 Å². The molecule has 0 aromatic heterocycles. The number of carbonyl (C=O) groups is 2. The van der Waals surface area contributed by atoms with Crippen molar-refractivity contribution in [1.29, 1.82) is 0 Å². The highest BCUT2D eigenvalue weighted by Crippen LogP contribution is 2.26. The smallest absolute Gasteiger partial charge is 0.306 e. The van der Waals surface area contributed by atoms with Crippen molar-refractivity contribution in [1.82, 2.24) is 5.32 Å². The molecular weight excluding hydrogens is 265 g/mol. The maximum absolute atomic E-state index is 13.9. The van der Waals surface area contributed by atoms with Crippen LogP contribution in [0.2, 0.25) is 0 Å². The molecular formula is C14H16FNO4. The van der Waals surface area contributed by atoms with Crippen molar-refractivity contribution in [2.45, 2.75) is 25.3 Å². The van der Waals surface area contributed by atoms with Gasteiger partial charge in [-0.1, -0.05) is 6.07 Å². The van der Waals surface area contributed by atoms with Crippen molar-refractivity contribution in [2.24, 2.45) is 5.92 Å². The fraction of sp³-hybridized carbons (Fsp3) is 0.429. The summed E-state index contributed by atoms with van der Waals surface area (Å²) in [5.74, 6) is -2.53. The van der Waals surface area contributed by atoms with Crippen molar-refractivity contribution < 1.29 is 23.8 Å². The molecule has 0 bridgehead atoms. The molecule has 1 amide bonds. The molecule has 0 saturated heterocycles. The number of carboxylic acids is 1. The van der Waals surface area contributed by atoms with E-state index in [1.807, 2.05) is 0 Å². The van der Waals surface area contributed by atoms with Gasteiger partial charge >= 0.3 is 5.97 Å². The van der Waals surface area contributed by atoms with Gasteiger partial charge in [-0.25, -0.2) is 4.39 Å². The van der Waals surface area contributed by atoms with Crippen LogP contribution in [0.5, 0.6) is 5.75 Å². The molecule has 108 valence electrons. The lowest BCUT2D eigenvalue weighted by Gasteiger charge is -2.13. The lowest BCUT2D eigenvalue weighted by molar-refractivity contribution is -0.141. The van der Waals surface area contributed by atoms with E-state index < -0.39 is 23.6 Å². The summed E-state index contributed by atoms with van der Waals surface area (Å²) in [6.45, 7) is 0. The molecule has 20 heavy (non-hydrogen) atoms. The Labute approximate surface area is 115 Å². The van der Waals surface area contributed by atoms with Crippen molar-refractivity contribution in [3.63, 3.8) is 0 Å². The number of hydrogen-bond donors (Lipinski definition) is 2. The number of rotatable bonds is 4. The topological polar surface area (TPSA) is 75.6 Å². The third-order valence-corrected chi connectivity index (χ3v) is 3.54. The highest BCUT2D eigenvalue weighted by Gasteiger charge is 2.31. The van der Waals surface area contributed by atoms with Gasteiger partial charge in [-0.05, 0) is 31.4 Å². The predicted octanol–water partition coefficient (Wildman–Crippen LogP) is 1.82. The summed E-state index contributed by atoms with van der Waals surface area (Å²) >= 11 is 0. The minimum atomic E-state index is -0.852. The molecule has 0 spiro atoms. The standard InChI is InChI=1S/C14H16FNO4/c1-20-11-4-2-3-10(12(11)15)13(17)16-9-6-5-8(7-9)14(18)19/h2-4,8-9H,5-7H2,1H3,(H,16,17)(H,18,19)/t8-,9+/m1/s1. The highest BCUT2D eigenvalue weighted by atomic mass is 19.1. The number of hydrogen-bond acceptors (Lipinski definition) is 3. The first kappa shape index (κ1) is 14.3. The Morgan fingerprint density at radius 3 is 2.75 bits per heavy atom. The summed E-state index contributed by atoms with van der Waals surface area (Å²) in [7, 11) is 1.33. The molecule has 5 nitrogen and oxygen atoms in total. The number of nitrogens with one attached hydrogen (secondary N) is 1. The van der Waals surface area contributed by atoms with Gasteiger partial charge in [0.1, 0.15) is 0 Å². The molecule has 0 unspecified atom stereocenters. The van der Waals surface area contributed by atoms with Crippen LogP contribution in [0.4, 0.5) is 4.39 Å². The zero-order valence-corrected chi connectivity index (χ0v) is 11.1. The number of carbonyl (C=O) groups excluding carboxylic acids is 1. The normalized spacial score (nSPS) is 21.5. The van der Waals surface area contributed by atoms with Gasteiger partial charge in [-0.3, -0.25) is 9.59 Å². The zero-order chi connectivity index (χ0) is 14.7. The highest BCUT2D eigenvalue weighted by molar-refractivity contribution is 5.95. The van der Waals surface area contributed by atoms with E-state index in [-0.39, 0.29) is 17.4 Å². The van der Waals surface area contributed by atoms with E-state index in [0.717, 1.165) is 0 Å². The van der Waals surface area contributed by atoms with Crippen molar-refractivity contribution in [2.75, 3.05) is 7.11 Å². The average Bonchev–Trinajstić information content (AvgIpc) is 2.87. The number of halogens is 1. The molecule has 0 radical (unpaired) electrons. The van der Waals surface area contributed by atoms with Gasteiger partial charge in [-0.2, -0.15) is 0 Å². The van der Waals surface area contributed by atoms with Gasteiger partial charge < -0.3 is 15.2 Å². The number of amides is 1. The number of benzene rings is 1. The van der Waals surface area contributed by atoms with Crippen LogP contribution in [-0.2, 0) is 4.79 Å². The summed E-state index contributed by atoms with van der Waals surface area (Å²) in [5.41, 5.74) is -0.0943. The van der Waals surface area contributed by atoms with E-state index in [9.17, 15) is 14.0 Å². The molecule has 1 aliphatic rings. The van der Waals surface area contributed by atoms with Gasteiger partial charge in [0.25, 0.3) is 5.91 Å². The van der Waals surface area contributed by atoms with Crippen LogP contribution in [0.3, 0.4) is 0 Å². The zero-order valence-electron chi connectivity index (χ0n) is 11.1. The molecule has 0 heterocycles. The van der Waals surface area contributed by atoms with Crippen molar-refractivity contribution >= 4 is 11.9 Å². The summed E-state index contributed by atoms with van der Waals surface area (Å²) < 4.78 is 18.7. The van der Waals surface area contributed by atoms with Crippen molar-refractivity contribution in [3.8, 4) is 5.75 Å². The Kier molecular flexibility index (Phi) is 4.22. The Bertz CT molecular complexity index is 532. The number of ether oxygens (including phenoxy) is 1. The van der Waals surface area contributed by atoms with E-state index in [4.69, 9.17) is 9.84 Å². The monoisotopic (exact) mass is 281 g/mol. The summed E-state index contributed by atoms with van der Waals surface area (Å²) in [6, 6.07) is 4.11. The second kappa shape index (κ2) is 5.90. The van der Waals surface area contributed by atoms with E-state index in [0.29, 0.717) is 19.3 Å². The average molecular weight is 281 g/mol. The first-order chi connectivity index (χ1) is 9.52. The maximum Gasteiger partial charge on any atom is 0.306 e. The Morgan fingerprint density at radius 1 is 1.40 bits per heavy atom. The van der Waals surface area contributed by atoms with Gasteiger partial charge in [0.2, 0.25) is 0 Å². The van der Waals surface area contributed by atoms with Gasteiger partial charge in [0.05, 0.1) is 18.6 Å². The number of aliphatic carboxylic acids is 1. The lowest BCUT2D eigenvalue weighted by Crippen LogP contribution is -2.33. The van der Waals surface area contributed by atoms with Crippen LogP contribution in [0.1, 0.15) is 29.6 Å². The van der Waals surface area contributed by atoms with Crippen LogP contribution in [0.25, 0.3) is 0 Å². The molecule has 1 fully saturated rings. The quantitative estimate of drug-likeness (QED) is 0.882. The third-order valence-electron chi connectivity index (χ3n) is 3.54. The van der Waals surface area contributed by atoms with Crippen LogP contribution < -0.4 is 10.1 Å². The largest absolute Gasteiger partial charge is 0.494 e. The minimum Gasteiger partial charge on any atom is -0.494 e. The second-order valence-electron chi connectivity index (χ2n) is 4.84. The first-order valence-corrected chi connectivity index (χ1v) is 6.39. The van der Waals surface area contributed by atoms with Crippen molar-refractivity contribution in [3.05, 3.63) is 29.6 Å². The van der Waals surface area contributed by atoms with Gasteiger partial charge in [0.15, 0.2) is 11.6 Å². The summed E-state index contributed by atoms with van der Waals surface area (Å²) in [4.78, 5) is 22.9. The fourth-order valence-corrected chi connectivity index (χ4v) is 2.44. The number of carboxylic acid groups (broad SMARTS) is 1. The van der Waals surface area contributed by atoms with Crippen LogP contribution >= 0.6 is 0 Å². The molecule has 6 heteroatoms. The second-order valence-corrected chi connectivity index (χ2v) is 4.84. The molecule has 2 N–H and O–H groups in total. The Balaban J connectivity index is 2.04. The predicted molar refractivity (Wildman–Crippen MR) is 69.2 cm³/mol. The number of methoxy groups -OCH3 is 1. The van der Waals surface area contributed by atoms with E-state index in [2.05, 4.69) is 5.32 Å². The minimum absolute atomic E-state index is 0.00693. The third kappa shape index (κ3) is 2.89. The molecule has 2 atom stereocenters. The molecule has 0 aliphatic heterocycles. The lowest BCUT2D eigenvalue weighted by atomic mass is 10.1. The Hall–Kier alpha value is -2.11. The molecule has 2 rings (SSSR count). The summed E-state index contributed by atoms with van der Waals surface area (Å²) in [6.07, 6.45) is 1.50. The SMILES string of the molecule is COc1cccc(C(=O)N[C@H]2CC[C@@H](C(=O)O)C2)c1F. The molecule has 1 aromatic carbocycles. The van der Waals surface area contributed by atoms with Gasteiger partial charge in [-0.15, -0.1) is 0 Å². The Morgan fingerprint density at radius 2 is 2.15 bits per heavy atom. The molecule has 1 saturated carbocycles. The maximum atomic E-state index is 13.9.